The highest BCUT2D eigenvalue weighted by atomic mass is 32.2. The van der Waals surface area contributed by atoms with E-state index in [1.54, 1.807) is 62.4 Å². The van der Waals surface area contributed by atoms with E-state index in [4.69, 9.17) is 0 Å². The molecule has 1 heterocycles. The van der Waals surface area contributed by atoms with E-state index < -0.39 is 10.0 Å². The van der Waals surface area contributed by atoms with E-state index in [9.17, 15) is 18.0 Å². The van der Waals surface area contributed by atoms with E-state index in [0.29, 0.717) is 29.6 Å². The average molecular weight is 443 g/mol. The van der Waals surface area contributed by atoms with E-state index in [0.717, 1.165) is 5.56 Å². The maximum Gasteiger partial charge on any atom is 0.272 e. The van der Waals surface area contributed by atoms with Crippen LogP contribution in [0.3, 0.4) is 0 Å². The van der Waals surface area contributed by atoms with E-state index in [2.05, 4.69) is 15.5 Å². The van der Waals surface area contributed by atoms with Gasteiger partial charge in [-0.2, -0.15) is 9.40 Å². The molecular formula is C22H26N4O4S. The smallest absolute Gasteiger partial charge is 0.272 e. The molecule has 0 fully saturated rings. The second kappa shape index (κ2) is 9.40. The van der Waals surface area contributed by atoms with Crippen molar-refractivity contribution < 1.29 is 13.2 Å². The molecule has 1 atom stereocenters. The summed E-state index contributed by atoms with van der Waals surface area (Å²) in [5.74, 6) is -0.253. The van der Waals surface area contributed by atoms with E-state index >= 15 is 0 Å². The maximum atomic E-state index is 12.6. The van der Waals surface area contributed by atoms with Crippen LogP contribution in [0, 0.1) is 0 Å². The first-order chi connectivity index (χ1) is 14.8. The monoisotopic (exact) mass is 442 g/mol. The molecule has 0 saturated carbocycles. The number of rotatable bonds is 8. The van der Waals surface area contributed by atoms with Crippen molar-refractivity contribution in [3.63, 3.8) is 0 Å². The fraction of sp³-hybridized carbons (Fsp3) is 0.318. The molecule has 3 rings (SSSR count). The molecule has 164 valence electrons. The number of hydrogen-bond donors (Lipinski definition) is 2. The highest BCUT2D eigenvalue weighted by molar-refractivity contribution is 7.89. The molecule has 0 unspecified atom stereocenters. The zero-order valence-electron chi connectivity index (χ0n) is 17.8. The normalized spacial score (nSPS) is 12.8. The number of hydrogen-bond acceptors (Lipinski definition) is 5. The molecular weight excluding hydrogens is 416 g/mol. The minimum Gasteiger partial charge on any atom is -0.349 e. The Morgan fingerprint density at radius 1 is 1.06 bits per heavy atom. The Balaban J connectivity index is 1.72. The van der Waals surface area contributed by atoms with Gasteiger partial charge >= 0.3 is 0 Å². The predicted molar refractivity (Wildman–Crippen MR) is 119 cm³/mol. The first-order valence-electron chi connectivity index (χ1n) is 10.1. The van der Waals surface area contributed by atoms with Crippen molar-refractivity contribution in [2.24, 2.45) is 0 Å². The molecule has 3 aromatic rings. The number of aromatic nitrogens is 2. The number of sulfonamides is 1. The van der Waals surface area contributed by atoms with Crippen molar-refractivity contribution in [2.45, 2.75) is 38.1 Å². The van der Waals surface area contributed by atoms with Crippen LogP contribution in [0.5, 0.6) is 0 Å². The van der Waals surface area contributed by atoms with Gasteiger partial charge in [0.25, 0.3) is 5.56 Å². The molecule has 1 amide bonds. The van der Waals surface area contributed by atoms with Crippen LogP contribution in [0.15, 0.2) is 58.2 Å². The number of carbonyl (C=O) groups is 1. The molecule has 0 saturated heterocycles. The van der Waals surface area contributed by atoms with Crippen LogP contribution in [-0.2, 0) is 21.2 Å². The molecule has 0 aliphatic rings. The lowest BCUT2D eigenvalue weighted by molar-refractivity contribution is -0.121. The fourth-order valence-electron chi connectivity index (χ4n) is 3.48. The van der Waals surface area contributed by atoms with Crippen molar-refractivity contribution >= 4 is 26.7 Å². The van der Waals surface area contributed by atoms with E-state index in [1.807, 2.05) is 6.92 Å². The summed E-state index contributed by atoms with van der Waals surface area (Å²) in [6, 6.07) is 13.2. The van der Waals surface area contributed by atoms with Crippen LogP contribution >= 0.6 is 0 Å². The van der Waals surface area contributed by atoms with Gasteiger partial charge in [0.1, 0.15) is 0 Å². The van der Waals surface area contributed by atoms with Gasteiger partial charge in [-0.1, -0.05) is 44.2 Å². The number of H-pyrrole nitrogens is 1. The maximum absolute atomic E-state index is 12.6. The van der Waals surface area contributed by atoms with Crippen molar-refractivity contribution in [3.8, 4) is 0 Å². The lowest BCUT2D eigenvalue weighted by atomic mass is 10.1. The number of carbonyl (C=O) groups excluding carboxylic acids is 1. The summed E-state index contributed by atoms with van der Waals surface area (Å²) in [6.45, 7) is 6.23. The molecule has 1 aromatic heterocycles. The zero-order chi connectivity index (χ0) is 22.6. The molecule has 2 N–H and O–H groups in total. The predicted octanol–water partition coefficient (Wildman–Crippen LogP) is 2.37. The molecule has 0 radical (unpaired) electrons. The Bertz CT molecular complexity index is 1230. The van der Waals surface area contributed by atoms with Gasteiger partial charge in [0.2, 0.25) is 15.9 Å². The van der Waals surface area contributed by atoms with Crippen molar-refractivity contribution in [3.05, 3.63) is 70.1 Å². The van der Waals surface area contributed by atoms with Crippen molar-refractivity contribution in [1.82, 2.24) is 19.8 Å². The van der Waals surface area contributed by atoms with Crippen LogP contribution in [-0.4, -0.2) is 41.9 Å². The van der Waals surface area contributed by atoms with Gasteiger partial charge in [-0.05, 0) is 30.7 Å². The second-order valence-electron chi connectivity index (χ2n) is 7.17. The van der Waals surface area contributed by atoms with Gasteiger partial charge in [-0.3, -0.25) is 9.59 Å². The third kappa shape index (κ3) is 4.83. The summed E-state index contributed by atoms with van der Waals surface area (Å²) in [5.41, 5.74) is 0.972. The van der Waals surface area contributed by atoms with Crippen LogP contribution in [0.25, 0.3) is 10.8 Å². The Morgan fingerprint density at radius 3 is 2.29 bits per heavy atom. The summed E-state index contributed by atoms with van der Waals surface area (Å²) in [6.07, 6.45) is 0.00998. The lowest BCUT2D eigenvalue weighted by Crippen LogP contribution is -2.31. The molecule has 9 heteroatoms. The SMILES string of the molecule is CCN(CC)S(=O)(=O)c1ccc([C@H](C)NC(=O)Cc2n[nH]c(=O)c3ccccc23)cc1. The lowest BCUT2D eigenvalue weighted by Gasteiger charge is -2.19. The summed E-state index contributed by atoms with van der Waals surface area (Å²) >= 11 is 0. The first-order valence-corrected chi connectivity index (χ1v) is 11.6. The van der Waals surface area contributed by atoms with E-state index in [-0.39, 0.29) is 28.8 Å². The summed E-state index contributed by atoms with van der Waals surface area (Å²) < 4.78 is 26.6. The van der Waals surface area contributed by atoms with Gasteiger partial charge in [0.05, 0.1) is 28.4 Å². The summed E-state index contributed by atoms with van der Waals surface area (Å²) in [7, 11) is -3.52. The van der Waals surface area contributed by atoms with Crippen molar-refractivity contribution in [2.75, 3.05) is 13.1 Å². The number of amides is 1. The fourth-order valence-corrected chi connectivity index (χ4v) is 4.93. The largest absolute Gasteiger partial charge is 0.349 e. The summed E-state index contributed by atoms with van der Waals surface area (Å²) in [4.78, 5) is 24.7. The minimum atomic E-state index is -3.52. The number of fused-ring (bicyclic) bond motifs is 1. The number of nitrogens with one attached hydrogen (secondary N) is 2. The van der Waals surface area contributed by atoms with Gasteiger partial charge in [0, 0.05) is 18.5 Å². The molecule has 31 heavy (non-hydrogen) atoms. The highest BCUT2D eigenvalue weighted by Crippen LogP contribution is 2.20. The molecule has 0 aliphatic heterocycles. The highest BCUT2D eigenvalue weighted by Gasteiger charge is 2.22. The standard InChI is InChI=1S/C22H26N4O4S/c1-4-26(5-2)31(29,30)17-12-10-16(11-13-17)15(3)23-21(27)14-20-18-8-6-7-9-19(18)22(28)25-24-20/h6-13,15H,4-5,14H2,1-3H3,(H,23,27)(H,25,28)/t15-/m0/s1. The molecule has 0 aliphatic carbocycles. The molecule has 0 bridgehead atoms. The van der Waals surface area contributed by atoms with Gasteiger partial charge in [0.15, 0.2) is 0 Å². The zero-order valence-corrected chi connectivity index (χ0v) is 18.6. The van der Waals surface area contributed by atoms with Gasteiger partial charge < -0.3 is 5.32 Å². The third-order valence-corrected chi connectivity index (χ3v) is 7.27. The third-order valence-electron chi connectivity index (χ3n) is 5.20. The van der Waals surface area contributed by atoms with Gasteiger partial charge in [-0.15, -0.1) is 0 Å². The Kier molecular flexibility index (Phi) is 6.87. The Morgan fingerprint density at radius 2 is 1.68 bits per heavy atom. The van der Waals surface area contributed by atoms with Crippen molar-refractivity contribution in [1.29, 1.82) is 0 Å². The number of benzene rings is 2. The Labute approximate surface area is 181 Å². The van der Waals surface area contributed by atoms with Crippen LogP contribution in [0.2, 0.25) is 0 Å². The van der Waals surface area contributed by atoms with Crippen LogP contribution in [0.4, 0.5) is 0 Å². The molecule has 2 aromatic carbocycles. The van der Waals surface area contributed by atoms with E-state index in [1.165, 1.54) is 4.31 Å². The minimum absolute atomic E-state index is 0.00998. The average Bonchev–Trinajstić information content (AvgIpc) is 2.76. The quantitative estimate of drug-likeness (QED) is 0.556. The topological polar surface area (TPSA) is 112 Å². The van der Waals surface area contributed by atoms with Crippen LogP contribution < -0.4 is 10.9 Å². The summed E-state index contributed by atoms with van der Waals surface area (Å²) in [5, 5.41) is 10.5. The van der Waals surface area contributed by atoms with Gasteiger partial charge in [-0.25, -0.2) is 13.5 Å². The number of aromatic amines is 1. The molecule has 0 spiro atoms. The second-order valence-corrected chi connectivity index (χ2v) is 9.11. The van der Waals surface area contributed by atoms with Crippen LogP contribution in [0.1, 0.15) is 38.1 Å². The Hall–Kier alpha value is -3.04. The molecule has 8 nitrogen and oxygen atoms in total. The first kappa shape index (κ1) is 22.6. The number of nitrogens with zero attached hydrogens (tertiary/aromatic N) is 2.